The van der Waals surface area contributed by atoms with Crippen LogP contribution in [0.25, 0.3) is 10.2 Å². The Balaban J connectivity index is 1.27. The number of hydrogen-bond acceptors (Lipinski definition) is 6. The van der Waals surface area contributed by atoms with Gasteiger partial charge in [-0.1, -0.05) is 0 Å². The molecule has 0 atom stereocenters. The minimum absolute atomic E-state index is 0.0602. The van der Waals surface area contributed by atoms with Gasteiger partial charge in [0.2, 0.25) is 0 Å². The van der Waals surface area contributed by atoms with Gasteiger partial charge in [-0.2, -0.15) is 5.10 Å². The zero-order valence-electron chi connectivity index (χ0n) is 14.6. The number of carbonyl (C=O) groups excluding carboxylic acids is 1. The van der Waals surface area contributed by atoms with Crippen molar-refractivity contribution in [3.63, 3.8) is 0 Å². The number of amides is 1. The van der Waals surface area contributed by atoms with Crippen LogP contribution in [0.5, 0.6) is 0 Å². The van der Waals surface area contributed by atoms with Gasteiger partial charge < -0.3 is 9.80 Å². The number of anilines is 1. The second-order valence-corrected chi connectivity index (χ2v) is 7.92. The van der Waals surface area contributed by atoms with Gasteiger partial charge in [-0.3, -0.25) is 4.79 Å². The first-order valence-electron chi connectivity index (χ1n) is 8.90. The van der Waals surface area contributed by atoms with E-state index in [9.17, 15) is 4.79 Å². The molecule has 0 N–H and O–H groups in total. The smallest absolute Gasteiger partial charge is 0.254 e. The van der Waals surface area contributed by atoms with Crippen molar-refractivity contribution >= 4 is 33.3 Å². The van der Waals surface area contributed by atoms with Crippen LogP contribution in [-0.4, -0.2) is 52.2 Å². The number of hydrogen-bond donors (Lipinski definition) is 0. The van der Waals surface area contributed by atoms with Crippen molar-refractivity contribution in [3.05, 3.63) is 46.6 Å². The summed E-state index contributed by atoms with van der Waals surface area (Å²) in [6, 6.07) is 8.10. The molecule has 2 aliphatic rings. The Morgan fingerprint density at radius 1 is 1.23 bits per heavy atom. The maximum absolute atomic E-state index is 12.8. The Kier molecular flexibility index (Phi) is 3.63. The molecule has 7 heteroatoms. The highest BCUT2D eigenvalue weighted by Gasteiger charge is 2.34. The van der Waals surface area contributed by atoms with E-state index in [0.29, 0.717) is 0 Å². The number of likely N-dealkylation sites (N-methyl/N-ethyl adjacent to an activating group) is 1. The molecule has 1 saturated heterocycles. The molecule has 0 radical (unpaired) electrons. The average molecular weight is 365 g/mol. The van der Waals surface area contributed by atoms with Crippen molar-refractivity contribution in [2.45, 2.75) is 25.3 Å². The van der Waals surface area contributed by atoms with Crippen molar-refractivity contribution in [2.75, 3.05) is 25.0 Å². The second kappa shape index (κ2) is 6.02. The van der Waals surface area contributed by atoms with Gasteiger partial charge in [0.15, 0.2) is 5.82 Å². The Bertz CT molecular complexity index is 995. The van der Waals surface area contributed by atoms with Crippen molar-refractivity contribution in [3.8, 4) is 0 Å². The van der Waals surface area contributed by atoms with Gasteiger partial charge in [-0.15, -0.1) is 16.4 Å². The lowest BCUT2D eigenvalue weighted by molar-refractivity contribution is 0.0705. The summed E-state index contributed by atoms with van der Waals surface area (Å²) in [5, 5.41) is 8.73. The van der Waals surface area contributed by atoms with Crippen LogP contribution >= 0.6 is 11.3 Å². The number of rotatable bonds is 3. The summed E-state index contributed by atoms with van der Waals surface area (Å²) >= 11 is 1.56. The van der Waals surface area contributed by atoms with Crippen LogP contribution in [0.1, 0.15) is 28.0 Å². The molecule has 2 aromatic heterocycles. The maximum Gasteiger partial charge on any atom is 0.254 e. The van der Waals surface area contributed by atoms with E-state index < -0.39 is 0 Å². The molecule has 132 valence electrons. The largest absolute Gasteiger partial charge is 0.351 e. The summed E-state index contributed by atoms with van der Waals surface area (Å²) in [6.07, 6.45) is 3.33. The lowest BCUT2D eigenvalue weighted by Crippen LogP contribution is -2.60. The third kappa shape index (κ3) is 2.54. The zero-order chi connectivity index (χ0) is 17.7. The average Bonchev–Trinajstić information content (AvgIpc) is 3.27. The first kappa shape index (κ1) is 15.7. The number of aromatic nitrogens is 3. The molecule has 0 spiro atoms. The Hall–Kier alpha value is -2.54. The highest BCUT2D eigenvalue weighted by atomic mass is 32.1. The Morgan fingerprint density at radius 2 is 2.12 bits per heavy atom. The Labute approximate surface area is 155 Å². The molecule has 0 saturated carbocycles. The van der Waals surface area contributed by atoms with E-state index in [1.807, 2.05) is 35.7 Å². The van der Waals surface area contributed by atoms with Crippen molar-refractivity contribution in [1.82, 2.24) is 20.1 Å². The fraction of sp³-hybridized carbons (Fsp3) is 0.368. The van der Waals surface area contributed by atoms with Crippen LogP contribution < -0.4 is 4.90 Å². The molecule has 1 aromatic carbocycles. The third-order valence-electron chi connectivity index (χ3n) is 5.44. The summed E-state index contributed by atoms with van der Waals surface area (Å²) < 4.78 is 1.05. The number of carbonyl (C=O) groups is 1. The molecule has 0 bridgehead atoms. The van der Waals surface area contributed by atoms with Crippen molar-refractivity contribution < 1.29 is 4.79 Å². The minimum atomic E-state index is 0.0602. The van der Waals surface area contributed by atoms with Crippen LogP contribution in [0.4, 0.5) is 5.82 Å². The molecule has 1 amide bonds. The summed E-state index contributed by atoms with van der Waals surface area (Å²) in [5.41, 5.74) is 5.96. The second-order valence-electron chi connectivity index (χ2n) is 7.04. The molecule has 1 fully saturated rings. The van der Waals surface area contributed by atoms with E-state index in [1.54, 1.807) is 11.3 Å². The van der Waals surface area contributed by atoms with Gasteiger partial charge in [0.25, 0.3) is 5.91 Å². The van der Waals surface area contributed by atoms with Crippen LogP contribution in [0.2, 0.25) is 0 Å². The third-order valence-corrected chi connectivity index (χ3v) is 6.23. The number of nitrogens with zero attached hydrogens (tertiary/aromatic N) is 5. The van der Waals surface area contributed by atoms with Gasteiger partial charge >= 0.3 is 0 Å². The van der Waals surface area contributed by atoms with E-state index in [4.69, 9.17) is 0 Å². The summed E-state index contributed by atoms with van der Waals surface area (Å²) in [4.78, 5) is 21.1. The lowest BCUT2D eigenvalue weighted by Gasteiger charge is -2.44. The van der Waals surface area contributed by atoms with Gasteiger partial charge in [0.05, 0.1) is 27.5 Å². The van der Waals surface area contributed by atoms with Gasteiger partial charge in [0.1, 0.15) is 0 Å². The van der Waals surface area contributed by atoms with Crippen molar-refractivity contribution in [2.24, 2.45) is 0 Å². The molecule has 26 heavy (non-hydrogen) atoms. The molecule has 1 aliphatic carbocycles. The van der Waals surface area contributed by atoms with Gasteiger partial charge in [0, 0.05) is 25.7 Å². The highest BCUT2D eigenvalue weighted by Crippen LogP contribution is 2.27. The van der Waals surface area contributed by atoms with Crippen LogP contribution in [0.3, 0.4) is 0 Å². The first-order chi connectivity index (χ1) is 12.7. The maximum atomic E-state index is 12.8. The van der Waals surface area contributed by atoms with E-state index >= 15 is 0 Å². The van der Waals surface area contributed by atoms with E-state index in [1.165, 1.54) is 12.0 Å². The summed E-state index contributed by atoms with van der Waals surface area (Å²) in [7, 11) is 1.88. The van der Waals surface area contributed by atoms with E-state index in [-0.39, 0.29) is 11.9 Å². The predicted molar refractivity (Wildman–Crippen MR) is 102 cm³/mol. The Morgan fingerprint density at radius 3 is 3.00 bits per heavy atom. The fourth-order valence-corrected chi connectivity index (χ4v) is 4.43. The quantitative estimate of drug-likeness (QED) is 0.714. The topological polar surface area (TPSA) is 62.2 Å². The normalized spacial score (nSPS) is 16.6. The monoisotopic (exact) mass is 365 g/mol. The summed E-state index contributed by atoms with van der Waals surface area (Å²) in [6.45, 7) is 1.61. The highest BCUT2D eigenvalue weighted by molar-refractivity contribution is 7.16. The lowest BCUT2D eigenvalue weighted by atomic mass is 10.1. The molecule has 6 nitrogen and oxygen atoms in total. The molecular formula is C19H19N5OS. The SMILES string of the molecule is CN(C(=O)c1ccc2ncsc2c1)C1CN(c2cc3c(nn2)CCC3)C1. The van der Waals surface area contributed by atoms with Gasteiger partial charge in [-0.25, -0.2) is 4.98 Å². The molecule has 3 aromatic rings. The number of benzene rings is 1. The standard InChI is InChI=1S/C19H19N5OS/c1-23(19(25)13-5-6-16-17(7-13)26-11-20-16)14-9-24(10-14)18-8-12-3-2-4-15(12)21-22-18/h5-8,11,14H,2-4,9-10H2,1H3. The van der Waals surface area contributed by atoms with Crippen LogP contribution in [-0.2, 0) is 12.8 Å². The molecule has 1 aliphatic heterocycles. The van der Waals surface area contributed by atoms with Crippen LogP contribution in [0.15, 0.2) is 29.8 Å². The van der Waals surface area contributed by atoms with Crippen molar-refractivity contribution in [1.29, 1.82) is 0 Å². The van der Waals surface area contributed by atoms with E-state index in [0.717, 1.165) is 53.2 Å². The zero-order valence-corrected chi connectivity index (χ0v) is 15.4. The summed E-state index contributed by atoms with van der Waals surface area (Å²) in [5.74, 6) is 0.999. The molecule has 5 rings (SSSR count). The fourth-order valence-electron chi connectivity index (χ4n) is 3.72. The predicted octanol–water partition coefficient (Wildman–Crippen LogP) is 2.54. The first-order valence-corrected chi connectivity index (χ1v) is 9.78. The minimum Gasteiger partial charge on any atom is -0.351 e. The molecule has 0 unspecified atom stereocenters. The number of fused-ring (bicyclic) bond motifs is 2. The van der Waals surface area contributed by atoms with Crippen LogP contribution in [0, 0.1) is 0 Å². The molecule has 3 heterocycles. The van der Waals surface area contributed by atoms with Gasteiger partial charge in [-0.05, 0) is 49.1 Å². The number of aryl methyl sites for hydroxylation is 2. The number of thiazole rings is 1. The van der Waals surface area contributed by atoms with E-state index in [2.05, 4.69) is 26.1 Å². The molecular weight excluding hydrogens is 346 g/mol.